The van der Waals surface area contributed by atoms with Crippen molar-refractivity contribution in [2.24, 2.45) is 5.73 Å². The molecule has 1 aliphatic carbocycles. The van der Waals surface area contributed by atoms with Crippen LogP contribution in [0.2, 0.25) is 0 Å². The van der Waals surface area contributed by atoms with E-state index in [1.54, 1.807) is 30.6 Å². The number of nitrogens with zero attached hydrogens (tertiary/aromatic N) is 1. The van der Waals surface area contributed by atoms with E-state index in [1.165, 1.54) is 19.3 Å². The van der Waals surface area contributed by atoms with Gasteiger partial charge in [-0.1, -0.05) is 19.3 Å². The van der Waals surface area contributed by atoms with Gasteiger partial charge in [-0.15, -0.1) is 0 Å². The second-order valence-electron chi connectivity index (χ2n) is 7.46. The molecule has 5 N–H and O–H groups in total. The Morgan fingerprint density at radius 2 is 1.84 bits per heavy atom. The van der Waals surface area contributed by atoms with Crippen molar-refractivity contribution in [3.8, 4) is 0 Å². The molecule has 0 radical (unpaired) electrons. The minimum atomic E-state index is -3.77. The van der Waals surface area contributed by atoms with Gasteiger partial charge in [-0.3, -0.25) is 4.98 Å². The fourth-order valence-corrected chi connectivity index (χ4v) is 4.58. The number of anilines is 2. The van der Waals surface area contributed by atoms with Crippen LogP contribution in [-0.2, 0) is 21.3 Å². The number of carbonyl (C=O) groups is 1. The number of ether oxygens (including phenoxy) is 1. The molecule has 0 atom stereocenters. The predicted molar refractivity (Wildman–Crippen MR) is 119 cm³/mol. The number of hydrogen-bond donors (Lipinski definition) is 4. The van der Waals surface area contributed by atoms with Gasteiger partial charge in [0.15, 0.2) is 0 Å². The number of benzene rings is 1. The van der Waals surface area contributed by atoms with Gasteiger partial charge >= 0.3 is 6.09 Å². The number of pyridine rings is 1. The smallest absolute Gasteiger partial charge is 0.404 e. The van der Waals surface area contributed by atoms with Crippen molar-refractivity contribution >= 4 is 27.5 Å². The van der Waals surface area contributed by atoms with Crippen molar-refractivity contribution in [3.05, 3.63) is 48.3 Å². The van der Waals surface area contributed by atoms with Gasteiger partial charge in [0.25, 0.3) is 0 Å². The van der Waals surface area contributed by atoms with Crippen LogP contribution in [0, 0.1) is 0 Å². The highest BCUT2D eigenvalue weighted by molar-refractivity contribution is 7.89. The molecule has 10 heteroatoms. The highest BCUT2D eigenvalue weighted by Gasteiger charge is 2.19. The average Bonchev–Trinajstić information content (AvgIpc) is 2.77. The zero-order chi connectivity index (χ0) is 22.1. The summed E-state index contributed by atoms with van der Waals surface area (Å²) in [6, 6.07) is 9.16. The molecule has 1 amide bonds. The lowest BCUT2D eigenvalue weighted by atomic mass is 9.95. The number of sulfonamides is 1. The van der Waals surface area contributed by atoms with Gasteiger partial charge in [0.1, 0.15) is 6.61 Å². The average molecular weight is 448 g/mol. The number of carbonyl (C=O) groups excluding carboxylic acids is 1. The van der Waals surface area contributed by atoms with Gasteiger partial charge < -0.3 is 21.1 Å². The van der Waals surface area contributed by atoms with E-state index in [9.17, 15) is 13.2 Å². The van der Waals surface area contributed by atoms with Gasteiger partial charge in [-0.05, 0) is 48.7 Å². The first-order valence-corrected chi connectivity index (χ1v) is 11.9. The van der Waals surface area contributed by atoms with Gasteiger partial charge in [0.2, 0.25) is 10.0 Å². The van der Waals surface area contributed by atoms with Crippen LogP contribution in [0.3, 0.4) is 0 Å². The highest BCUT2D eigenvalue weighted by atomic mass is 32.2. The van der Waals surface area contributed by atoms with Crippen molar-refractivity contribution in [1.29, 1.82) is 0 Å². The molecule has 168 valence electrons. The molecule has 0 spiro atoms. The summed E-state index contributed by atoms with van der Waals surface area (Å²) >= 11 is 0. The molecule has 0 saturated heterocycles. The van der Waals surface area contributed by atoms with E-state index in [0.29, 0.717) is 18.3 Å². The second-order valence-corrected chi connectivity index (χ2v) is 9.23. The Kier molecular flexibility index (Phi) is 8.07. The summed E-state index contributed by atoms with van der Waals surface area (Å²) in [7, 11) is -3.77. The van der Waals surface area contributed by atoms with E-state index in [4.69, 9.17) is 5.73 Å². The third-order valence-electron chi connectivity index (χ3n) is 5.14. The van der Waals surface area contributed by atoms with E-state index in [2.05, 4.69) is 25.1 Å². The Morgan fingerprint density at radius 1 is 1.10 bits per heavy atom. The Bertz CT molecular complexity index is 963. The third kappa shape index (κ3) is 7.11. The van der Waals surface area contributed by atoms with Crippen molar-refractivity contribution in [3.63, 3.8) is 0 Å². The quantitative estimate of drug-likeness (QED) is 0.411. The predicted octanol–water partition coefficient (Wildman–Crippen LogP) is 2.81. The maximum Gasteiger partial charge on any atom is 0.404 e. The van der Waals surface area contributed by atoms with Gasteiger partial charge in [0, 0.05) is 31.5 Å². The third-order valence-corrected chi connectivity index (χ3v) is 6.60. The molecule has 0 unspecified atom stereocenters. The van der Waals surface area contributed by atoms with E-state index >= 15 is 0 Å². The number of nitrogens with one attached hydrogen (secondary N) is 3. The first kappa shape index (κ1) is 22.8. The molecule has 9 nitrogen and oxygen atoms in total. The normalized spacial score (nSPS) is 14.7. The molecule has 1 aliphatic rings. The Morgan fingerprint density at radius 3 is 2.55 bits per heavy atom. The molecular weight excluding hydrogens is 418 g/mol. The lowest BCUT2D eigenvalue weighted by Gasteiger charge is -2.25. The first-order valence-electron chi connectivity index (χ1n) is 10.4. The Hall–Kier alpha value is -2.85. The van der Waals surface area contributed by atoms with Crippen molar-refractivity contribution in [1.82, 2.24) is 9.71 Å². The van der Waals surface area contributed by atoms with Crippen molar-refractivity contribution in [2.75, 3.05) is 23.8 Å². The molecule has 2 aromatic rings. The van der Waals surface area contributed by atoms with Crippen LogP contribution in [0.25, 0.3) is 0 Å². The first-order chi connectivity index (χ1) is 14.9. The maximum atomic E-state index is 12.7. The van der Waals surface area contributed by atoms with E-state index in [1.807, 2.05) is 12.1 Å². The molecule has 31 heavy (non-hydrogen) atoms. The second kappa shape index (κ2) is 11.0. The van der Waals surface area contributed by atoms with Crippen LogP contribution >= 0.6 is 0 Å². The van der Waals surface area contributed by atoms with E-state index < -0.39 is 16.1 Å². The van der Waals surface area contributed by atoms with E-state index in [0.717, 1.165) is 24.1 Å². The van der Waals surface area contributed by atoms with Crippen molar-refractivity contribution in [2.45, 2.75) is 49.6 Å². The van der Waals surface area contributed by atoms with Gasteiger partial charge in [-0.2, -0.15) is 0 Å². The van der Waals surface area contributed by atoms with Crippen LogP contribution < -0.4 is 21.1 Å². The van der Waals surface area contributed by atoms with Crippen LogP contribution in [0.1, 0.15) is 37.7 Å². The topological polar surface area (TPSA) is 135 Å². The number of primary amides is 1. The SMILES string of the molecule is NC(=O)OCCNS(=O)(=O)c1ccc(NC2CCCCC2)c(NCc2ccncc2)c1. The standard InChI is InChI=1S/C21H29N5O4S/c22-21(27)30-13-12-25-31(28,29)18-6-7-19(26-17-4-2-1-3-5-17)20(14-18)24-15-16-8-10-23-11-9-16/h6-11,14,17,24-26H,1-5,12-13,15H2,(H2,22,27). The summed E-state index contributed by atoms with van der Waals surface area (Å²) in [6.07, 6.45) is 8.35. The molecule has 3 rings (SSSR count). The summed E-state index contributed by atoms with van der Waals surface area (Å²) in [4.78, 5) is 14.8. The molecule has 1 fully saturated rings. The van der Waals surface area contributed by atoms with Crippen LogP contribution in [0.15, 0.2) is 47.6 Å². The lowest BCUT2D eigenvalue weighted by molar-refractivity contribution is 0.159. The molecule has 1 aromatic carbocycles. The van der Waals surface area contributed by atoms with E-state index in [-0.39, 0.29) is 18.0 Å². The maximum absolute atomic E-state index is 12.7. The number of hydrogen-bond acceptors (Lipinski definition) is 7. The molecule has 1 heterocycles. The zero-order valence-corrected chi connectivity index (χ0v) is 18.2. The summed E-state index contributed by atoms with van der Waals surface area (Å²) < 4.78 is 32.3. The monoisotopic (exact) mass is 447 g/mol. The summed E-state index contributed by atoms with van der Waals surface area (Å²) in [5.74, 6) is 0. The Labute approximate surface area is 182 Å². The van der Waals surface area contributed by atoms with Crippen LogP contribution in [-0.4, -0.2) is 38.7 Å². The van der Waals surface area contributed by atoms with Crippen molar-refractivity contribution < 1.29 is 17.9 Å². The lowest BCUT2D eigenvalue weighted by Crippen LogP contribution is -2.29. The molecular formula is C21H29N5O4S. The van der Waals surface area contributed by atoms with Crippen LogP contribution in [0.4, 0.5) is 16.2 Å². The summed E-state index contributed by atoms with van der Waals surface area (Å²) in [5, 5.41) is 6.91. The number of aromatic nitrogens is 1. The van der Waals surface area contributed by atoms with Gasteiger partial charge in [-0.25, -0.2) is 17.9 Å². The number of amides is 1. The number of nitrogens with two attached hydrogens (primary N) is 1. The molecule has 0 aliphatic heterocycles. The summed E-state index contributed by atoms with van der Waals surface area (Å²) in [6.45, 7) is 0.335. The molecule has 1 aromatic heterocycles. The fourth-order valence-electron chi connectivity index (χ4n) is 3.54. The minimum Gasteiger partial charge on any atom is -0.448 e. The van der Waals surface area contributed by atoms with Gasteiger partial charge in [0.05, 0.1) is 16.3 Å². The summed E-state index contributed by atoms with van der Waals surface area (Å²) in [5.41, 5.74) is 7.51. The highest BCUT2D eigenvalue weighted by Crippen LogP contribution is 2.29. The molecule has 1 saturated carbocycles. The zero-order valence-electron chi connectivity index (χ0n) is 17.3. The fraction of sp³-hybridized carbons (Fsp3) is 0.429. The van der Waals surface area contributed by atoms with Crippen LogP contribution in [0.5, 0.6) is 0 Å². The largest absolute Gasteiger partial charge is 0.448 e. The Balaban J connectivity index is 1.76. The molecule has 0 bridgehead atoms. The number of rotatable bonds is 10. The minimum absolute atomic E-state index is 0.0624.